The van der Waals surface area contributed by atoms with Crippen molar-refractivity contribution in [3.05, 3.63) is 48.8 Å². The minimum absolute atomic E-state index is 0.232. The molecule has 2 N–H and O–H groups in total. The summed E-state index contributed by atoms with van der Waals surface area (Å²) in [6, 6.07) is 11.6. The summed E-state index contributed by atoms with van der Waals surface area (Å²) in [6.07, 6.45) is 3.41. The lowest BCUT2D eigenvalue weighted by Crippen LogP contribution is -2.43. The Morgan fingerprint density at radius 2 is 1.75 bits per heavy atom. The first-order valence-corrected chi connectivity index (χ1v) is 6.54. The van der Waals surface area contributed by atoms with Crippen LogP contribution in [-0.2, 0) is 0 Å². The maximum atomic E-state index is 11.8. The fourth-order valence-electron chi connectivity index (χ4n) is 1.80. The zero-order chi connectivity index (χ0) is 14.6. The van der Waals surface area contributed by atoms with Crippen molar-refractivity contribution in [3.8, 4) is 11.1 Å². The molecule has 0 spiro atoms. The molecule has 0 bridgehead atoms. The maximum absolute atomic E-state index is 11.8. The largest absolute Gasteiger partial charge is 0.333 e. The number of hydrogen-bond acceptors (Lipinski definition) is 2. The van der Waals surface area contributed by atoms with E-state index in [-0.39, 0.29) is 11.6 Å². The van der Waals surface area contributed by atoms with Crippen LogP contribution < -0.4 is 10.6 Å². The highest BCUT2D eigenvalue weighted by Gasteiger charge is 2.13. The molecule has 1 aromatic heterocycles. The molecular weight excluding hydrogens is 250 g/mol. The van der Waals surface area contributed by atoms with Crippen molar-refractivity contribution in [1.82, 2.24) is 10.3 Å². The van der Waals surface area contributed by atoms with E-state index < -0.39 is 0 Å². The Morgan fingerprint density at radius 3 is 2.40 bits per heavy atom. The van der Waals surface area contributed by atoms with Crippen molar-refractivity contribution in [1.29, 1.82) is 0 Å². The first kappa shape index (κ1) is 14.1. The molecule has 1 aromatic carbocycles. The van der Waals surface area contributed by atoms with E-state index in [4.69, 9.17) is 0 Å². The monoisotopic (exact) mass is 269 g/mol. The van der Waals surface area contributed by atoms with Gasteiger partial charge in [0.2, 0.25) is 0 Å². The highest BCUT2D eigenvalue weighted by molar-refractivity contribution is 5.90. The Labute approximate surface area is 119 Å². The number of anilines is 1. The second kappa shape index (κ2) is 5.74. The van der Waals surface area contributed by atoms with Crippen LogP contribution in [0.25, 0.3) is 11.1 Å². The number of nitrogens with one attached hydrogen (secondary N) is 2. The third kappa shape index (κ3) is 4.09. The molecule has 0 saturated carbocycles. The van der Waals surface area contributed by atoms with E-state index in [0.29, 0.717) is 5.69 Å². The van der Waals surface area contributed by atoms with E-state index in [1.54, 1.807) is 12.4 Å². The first-order valence-electron chi connectivity index (χ1n) is 6.54. The van der Waals surface area contributed by atoms with Crippen LogP contribution in [0.3, 0.4) is 0 Å². The van der Waals surface area contributed by atoms with Gasteiger partial charge in [0.15, 0.2) is 0 Å². The van der Waals surface area contributed by atoms with Crippen molar-refractivity contribution in [2.75, 3.05) is 5.32 Å². The number of carbonyl (C=O) groups excluding carboxylic acids is 1. The van der Waals surface area contributed by atoms with Gasteiger partial charge < -0.3 is 10.6 Å². The van der Waals surface area contributed by atoms with Crippen LogP contribution in [0.4, 0.5) is 10.5 Å². The predicted octanol–water partition coefficient (Wildman–Crippen LogP) is 3.67. The van der Waals surface area contributed by atoms with Gasteiger partial charge in [-0.2, -0.15) is 0 Å². The Hall–Kier alpha value is -2.36. The van der Waals surface area contributed by atoms with E-state index in [1.165, 1.54) is 0 Å². The van der Waals surface area contributed by atoms with Crippen LogP contribution in [-0.4, -0.2) is 16.6 Å². The van der Waals surface area contributed by atoms with Crippen molar-refractivity contribution in [2.45, 2.75) is 26.3 Å². The summed E-state index contributed by atoms with van der Waals surface area (Å²) in [5.41, 5.74) is 2.45. The van der Waals surface area contributed by atoms with Gasteiger partial charge in [-0.3, -0.25) is 4.98 Å². The third-order valence-corrected chi connectivity index (χ3v) is 2.59. The van der Waals surface area contributed by atoms with Gasteiger partial charge in [0.1, 0.15) is 0 Å². The standard InChI is InChI=1S/C16H19N3O/c1-16(2,3)19-15(20)18-14-9-13(10-17-11-14)12-7-5-4-6-8-12/h4-11H,1-3H3,(H2,18,19,20). The molecule has 4 heteroatoms. The van der Waals surface area contributed by atoms with Gasteiger partial charge in [0, 0.05) is 17.3 Å². The molecule has 0 aliphatic carbocycles. The van der Waals surface area contributed by atoms with E-state index in [2.05, 4.69) is 15.6 Å². The molecule has 0 aliphatic rings. The van der Waals surface area contributed by atoms with Crippen molar-refractivity contribution < 1.29 is 4.79 Å². The molecule has 0 radical (unpaired) electrons. The van der Waals surface area contributed by atoms with Crippen molar-refractivity contribution >= 4 is 11.7 Å². The molecule has 2 rings (SSSR count). The summed E-state index contributed by atoms with van der Waals surface area (Å²) < 4.78 is 0. The molecule has 1 heterocycles. The first-order chi connectivity index (χ1) is 9.44. The van der Waals surface area contributed by atoms with Gasteiger partial charge in [-0.1, -0.05) is 30.3 Å². The van der Waals surface area contributed by atoms with Gasteiger partial charge >= 0.3 is 6.03 Å². The second-order valence-corrected chi connectivity index (χ2v) is 5.66. The number of pyridine rings is 1. The van der Waals surface area contributed by atoms with Crippen molar-refractivity contribution in [2.24, 2.45) is 0 Å². The summed E-state index contributed by atoms with van der Waals surface area (Å²) in [6.45, 7) is 5.81. The lowest BCUT2D eigenvalue weighted by Gasteiger charge is -2.20. The number of hydrogen-bond donors (Lipinski definition) is 2. The minimum atomic E-state index is -0.269. The van der Waals surface area contributed by atoms with Crippen LogP contribution in [0.5, 0.6) is 0 Å². The number of urea groups is 1. The summed E-state index contributed by atoms with van der Waals surface area (Å²) in [7, 11) is 0. The fourth-order valence-corrected chi connectivity index (χ4v) is 1.80. The summed E-state index contributed by atoms with van der Waals surface area (Å²) in [5.74, 6) is 0. The smallest absolute Gasteiger partial charge is 0.319 e. The predicted molar refractivity (Wildman–Crippen MR) is 81.6 cm³/mol. The molecule has 0 unspecified atom stereocenters. The summed E-state index contributed by atoms with van der Waals surface area (Å²) in [4.78, 5) is 16.0. The van der Waals surface area contributed by atoms with Crippen LogP contribution in [0.2, 0.25) is 0 Å². The number of carbonyl (C=O) groups is 1. The number of rotatable bonds is 2. The Balaban J connectivity index is 2.13. The van der Waals surface area contributed by atoms with Crippen LogP contribution in [0, 0.1) is 0 Å². The Bertz CT molecular complexity index is 588. The topological polar surface area (TPSA) is 54.0 Å². The number of nitrogens with zero attached hydrogens (tertiary/aromatic N) is 1. The average molecular weight is 269 g/mol. The van der Waals surface area contributed by atoms with Gasteiger partial charge in [-0.15, -0.1) is 0 Å². The highest BCUT2D eigenvalue weighted by atomic mass is 16.2. The molecule has 0 saturated heterocycles. The SMILES string of the molecule is CC(C)(C)NC(=O)Nc1cncc(-c2ccccc2)c1. The van der Waals surface area contributed by atoms with Crippen LogP contribution in [0.1, 0.15) is 20.8 Å². The summed E-state index contributed by atoms with van der Waals surface area (Å²) >= 11 is 0. The zero-order valence-electron chi connectivity index (χ0n) is 12.0. The minimum Gasteiger partial charge on any atom is -0.333 e. The quantitative estimate of drug-likeness (QED) is 0.874. The zero-order valence-corrected chi connectivity index (χ0v) is 12.0. The molecule has 2 aromatic rings. The fraction of sp³-hybridized carbons (Fsp3) is 0.250. The van der Waals surface area contributed by atoms with E-state index in [9.17, 15) is 4.79 Å². The maximum Gasteiger partial charge on any atom is 0.319 e. The van der Waals surface area contributed by atoms with E-state index >= 15 is 0 Å². The molecule has 0 atom stereocenters. The second-order valence-electron chi connectivity index (χ2n) is 5.66. The average Bonchev–Trinajstić information content (AvgIpc) is 2.38. The number of amides is 2. The highest BCUT2D eigenvalue weighted by Crippen LogP contribution is 2.20. The molecule has 20 heavy (non-hydrogen) atoms. The molecular formula is C16H19N3O. The van der Waals surface area contributed by atoms with Gasteiger partial charge in [-0.05, 0) is 32.4 Å². The summed E-state index contributed by atoms with van der Waals surface area (Å²) in [5, 5.41) is 5.65. The van der Waals surface area contributed by atoms with Crippen molar-refractivity contribution in [3.63, 3.8) is 0 Å². The molecule has 2 amide bonds. The van der Waals surface area contributed by atoms with Gasteiger partial charge in [-0.25, -0.2) is 4.79 Å². The lowest BCUT2D eigenvalue weighted by molar-refractivity contribution is 0.244. The lowest BCUT2D eigenvalue weighted by atomic mass is 10.1. The Kier molecular flexibility index (Phi) is 4.03. The van der Waals surface area contributed by atoms with E-state index in [1.807, 2.05) is 57.2 Å². The Morgan fingerprint density at radius 1 is 1.05 bits per heavy atom. The molecule has 0 aliphatic heterocycles. The van der Waals surface area contributed by atoms with E-state index in [0.717, 1.165) is 11.1 Å². The number of benzene rings is 1. The molecule has 0 fully saturated rings. The molecule has 4 nitrogen and oxygen atoms in total. The number of aromatic nitrogens is 1. The van der Waals surface area contributed by atoms with Gasteiger partial charge in [0.05, 0.1) is 11.9 Å². The normalized spacial score (nSPS) is 10.9. The van der Waals surface area contributed by atoms with Crippen LogP contribution in [0.15, 0.2) is 48.8 Å². The van der Waals surface area contributed by atoms with Crippen LogP contribution >= 0.6 is 0 Å². The van der Waals surface area contributed by atoms with Gasteiger partial charge in [0.25, 0.3) is 0 Å². The third-order valence-electron chi connectivity index (χ3n) is 2.59. The molecule has 104 valence electrons.